The monoisotopic (exact) mass is 347 g/mol. The van der Waals surface area contributed by atoms with Crippen LogP contribution in [-0.2, 0) is 13.5 Å². The Morgan fingerprint density at radius 2 is 1.92 bits per heavy atom. The third kappa shape index (κ3) is 3.40. The van der Waals surface area contributed by atoms with Crippen molar-refractivity contribution in [1.82, 2.24) is 4.57 Å². The van der Waals surface area contributed by atoms with Gasteiger partial charge in [-0.25, -0.2) is 0 Å². The van der Waals surface area contributed by atoms with Gasteiger partial charge in [-0.05, 0) is 29.2 Å². The molecule has 3 rings (SSSR count). The van der Waals surface area contributed by atoms with Crippen LogP contribution >= 0.6 is 11.8 Å². The van der Waals surface area contributed by atoms with Crippen LogP contribution in [-0.4, -0.2) is 44.0 Å². The van der Waals surface area contributed by atoms with Gasteiger partial charge in [0.1, 0.15) is 0 Å². The lowest BCUT2D eigenvalue weighted by Gasteiger charge is -2.40. The summed E-state index contributed by atoms with van der Waals surface area (Å²) in [6.45, 7) is 1.89. The van der Waals surface area contributed by atoms with Crippen LogP contribution in [0.2, 0.25) is 0 Å². The standard InChI is InChI=1S/C19H25NO3S/c1-12-16(11-21)24-19(18(23)17(12)22)14-6-3-5-13(9-14)10-15-7-4-8-20(15)2/h3-9,12,16-19,21-23H,10-11H2,1-2H3/t12-,16-,17+,18-,19+/m1/s1. The van der Waals surface area contributed by atoms with Gasteiger partial charge < -0.3 is 19.9 Å². The molecule has 24 heavy (non-hydrogen) atoms. The first kappa shape index (κ1) is 17.5. The number of rotatable bonds is 4. The summed E-state index contributed by atoms with van der Waals surface area (Å²) in [5.41, 5.74) is 3.41. The van der Waals surface area contributed by atoms with Crippen LogP contribution in [0.1, 0.15) is 29.0 Å². The molecular formula is C19H25NO3S. The number of aliphatic hydroxyl groups is 3. The van der Waals surface area contributed by atoms with E-state index in [2.05, 4.69) is 22.8 Å². The Labute approximate surface area is 147 Å². The smallest absolute Gasteiger partial charge is 0.0961 e. The van der Waals surface area contributed by atoms with E-state index in [9.17, 15) is 15.3 Å². The number of aryl methyl sites for hydroxylation is 1. The number of hydrogen-bond donors (Lipinski definition) is 3. The second-order valence-corrected chi connectivity index (χ2v) is 8.04. The van der Waals surface area contributed by atoms with E-state index < -0.39 is 12.2 Å². The van der Waals surface area contributed by atoms with Crippen molar-refractivity contribution in [2.75, 3.05) is 6.61 Å². The maximum Gasteiger partial charge on any atom is 0.0961 e. The van der Waals surface area contributed by atoms with Crippen molar-refractivity contribution in [1.29, 1.82) is 0 Å². The van der Waals surface area contributed by atoms with E-state index in [0.29, 0.717) is 0 Å². The molecule has 0 spiro atoms. The predicted octanol–water partition coefficient (Wildman–Crippen LogP) is 2.12. The van der Waals surface area contributed by atoms with Gasteiger partial charge in [-0.2, -0.15) is 0 Å². The summed E-state index contributed by atoms with van der Waals surface area (Å²) in [6, 6.07) is 12.3. The molecule has 3 N–H and O–H groups in total. The molecular weight excluding hydrogens is 322 g/mol. The highest BCUT2D eigenvalue weighted by molar-refractivity contribution is 8.00. The van der Waals surface area contributed by atoms with Gasteiger partial charge in [0, 0.05) is 30.6 Å². The normalized spacial score (nSPS) is 30.5. The molecule has 0 radical (unpaired) electrons. The minimum absolute atomic E-state index is 0.00908. The van der Waals surface area contributed by atoms with E-state index in [1.54, 1.807) is 11.8 Å². The molecule has 5 atom stereocenters. The zero-order valence-electron chi connectivity index (χ0n) is 14.0. The molecule has 0 amide bonds. The first-order valence-corrected chi connectivity index (χ1v) is 9.27. The summed E-state index contributed by atoms with van der Waals surface area (Å²) < 4.78 is 2.10. The molecule has 0 bridgehead atoms. The van der Waals surface area contributed by atoms with Gasteiger partial charge >= 0.3 is 0 Å². The van der Waals surface area contributed by atoms with E-state index >= 15 is 0 Å². The Kier molecular flexibility index (Phi) is 5.35. The van der Waals surface area contributed by atoms with Crippen LogP contribution in [0.3, 0.4) is 0 Å². The van der Waals surface area contributed by atoms with Crippen molar-refractivity contribution in [3.63, 3.8) is 0 Å². The molecule has 130 valence electrons. The Bertz CT molecular complexity index is 685. The summed E-state index contributed by atoms with van der Waals surface area (Å²) in [5.74, 6) is -0.127. The van der Waals surface area contributed by atoms with Crippen LogP contribution in [0.5, 0.6) is 0 Å². The van der Waals surface area contributed by atoms with Gasteiger partial charge in [-0.15, -0.1) is 11.8 Å². The van der Waals surface area contributed by atoms with E-state index in [-0.39, 0.29) is 23.0 Å². The third-order valence-electron chi connectivity index (χ3n) is 5.00. The van der Waals surface area contributed by atoms with Gasteiger partial charge in [0.05, 0.1) is 24.1 Å². The fourth-order valence-corrected chi connectivity index (χ4v) is 4.85. The topological polar surface area (TPSA) is 65.6 Å². The van der Waals surface area contributed by atoms with Gasteiger partial charge in [0.2, 0.25) is 0 Å². The highest BCUT2D eigenvalue weighted by Gasteiger charge is 2.42. The second kappa shape index (κ2) is 7.31. The number of thioether (sulfide) groups is 1. The van der Waals surface area contributed by atoms with E-state index in [0.717, 1.165) is 12.0 Å². The molecule has 2 heterocycles. The Hall–Kier alpha value is -1.27. The average Bonchev–Trinajstić information content (AvgIpc) is 2.98. The number of aliphatic hydroxyl groups excluding tert-OH is 3. The molecule has 0 unspecified atom stereocenters. The quantitative estimate of drug-likeness (QED) is 0.793. The molecule has 1 aliphatic rings. The molecule has 1 aromatic heterocycles. The van der Waals surface area contributed by atoms with Crippen LogP contribution in [0.15, 0.2) is 42.6 Å². The fourth-order valence-electron chi connectivity index (χ4n) is 3.36. The molecule has 1 saturated heterocycles. The Morgan fingerprint density at radius 1 is 1.12 bits per heavy atom. The Morgan fingerprint density at radius 3 is 2.58 bits per heavy atom. The van der Waals surface area contributed by atoms with Crippen molar-refractivity contribution >= 4 is 11.8 Å². The highest BCUT2D eigenvalue weighted by atomic mass is 32.2. The number of benzene rings is 1. The molecule has 5 heteroatoms. The average molecular weight is 347 g/mol. The maximum absolute atomic E-state index is 10.5. The number of aromatic nitrogens is 1. The highest BCUT2D eigenvalue weighted by Crippen LogP contribution is 2.45. The van der Waals surface area contributed by atoms with Crippen molar-refractivity contribution in [3.8, 4) is 0 Å². The molecule has 2 aromatic rings. The van der Waals surface area contributed by atoms with Crippen LogP contribution < -0.4 is 0 Å². The van der Waals surface area contributed by atoms with E-state index in [1.807, 2.05) is 38.4 Å². The molecule has 1 aliphatic heterocycles. The van der Waals surface area contributed by atoms with Gasteiger partial charge in [0.15, 0.2) is 0 Å². The van der Waals surface area contributed by atoms with Crippen molar-refractivity contribution < 1.29 is 15.3 Å². The van der Waals surface area contributed by atoms with Crippen molar-refractivity contribution in [2.45, 2.75) is 36.1 Å². The molecule has 1 fully saturated rings. The van der Waals surface area contributed by atoms with Crippen LogP contribution in [0.4, 0.5) is 0 Å². The summed E-state index contributed by atoms with van der Waals surface area (Å²) >= 11 is 1.56. The van der Waals surface area contributed by atoms with E-state index in [1.165, 1.54) is 11.3 Å². The van der Waals surface area contributed by atoms with E-state index in [4.69, 9.17) is 0 Å². The van der Waals surface area contributed by atoms with Gasteiger partial charge in [-0.1, -0.05) is 31.2 Å². The summed E-state index contributed by atoms with van der Waals surface area (Å²) in [6.07, 6.45) is 1.22. The molecule has 1 aromatic carbocycles. The van der Waals surface area contributed by atoms with Gasteiger partial charge in [-0.3, -0.25) is 0 Å². The molecule has 0 saturated carbocycles. The summed E-state index contributed by atoms with van der Waals surface area (Å²) in [7, 11) is 2.03. The minimum atomic E-state index is -0.821. The SMILES string of the molecule is C[C@H]1[C@H](O)[C@@H](O)[C@H](c2cccc(Cc3cccn3C)c2)S[C@@H]1CO. The zero-order chi connectivity index (χ0) is 17.3. The predicted molar refractivity (Wildman–Crippen MR) is 97.0 cm³/mol. The molecule has 4 nitrogen and oxygen atoms in total. The largest absolute Gasteiger partial charge is 0.395 e. The number of nitrogens with zero attached hydrogens (tertiary/aromatic N) is 1. The van der Waals surface area contributed by atoms with Crippen molar-refractivity contribution in [2.24, 2.45) is 13.0 Å². The minimum Gasteiger partial charge on any atom is -0.395 e. The fraction of sp³-hybridized carbons (Fsp3) is 0.474. The number of hydrogen-bond acceptors (Lipinski definition) is 4. The first-order chi connectivity index (χ1) is 11.5. The lowest BCUT2D eigenvalue weighted by atomic mass is 9.90. The first-order valence-electron chi connectivity index (χ1n) is 8.32. The second-order valence-electron chi connectivity index (χ2n) is 6.65. The third-order valence-corrected chi connectivity index (χ3v) is 6.77. The zero-order valence-corrected chi connectivity index (χ0v) is 14.9. The molecule has 0 aliphatic carbocycles. The summed E-state index contributed by atoms with van der Waals surface area (Å²) in [5, 5.41) is 30.1. The Balaban J connectivity index is 1.83. The maximum atomic E-state index is 10.5. The van der Waals surface area contributed by atoms with Gasteiger partial charge in [0.25, 0.3) is 0 Å². The lowest BCUT2D eigenvalue weighted by Crippen LogP contribution is -2.46. The van der Waals surface area contributed by atoms with Crippen LogP contribution in [0.25, 0.3) is 0 Å². The van der Waals surface area contributed by atoms with Crippen LogP contribution in [0, 0.1) is 5.92 Å². The lowest BCUT2D eigenvalue weighted by molar-refractivity contribution is -0.0239. The summed E-state index contributed by atoms with van der Waals surface area (Å²) in [4.78, 5) is 0. The van der Waals surface area contributed by atoms with Crippen molar-refractivity contribution in [3.05, 3.63) is 59.4 Å².